The lowest BCUT2D eigenvalue weighted by molar-refractivity contribution is 0.0728. The van der Waals surface area contributed by atoms with E-state index >= 15 is 0 Å². The fourth-order valence-corrected chi connectivity index (χ4v) is 2.04. The van der Waals surface area contributed by atoms with Gasteiger partial charge in [-0.15, -0.1) is 0 Å². The van der Waals surface area contributed by atoms with Gasteiger partial charge in [0.1, 0.15) is 5.69 Å². The molecule has 0 atom stereocenters. The number of ether oxygens (including phenoxy) is 1. The molecular formula is C13H19N3O2. The van der Waals surface area contributed by atoms with Crippen LogP contribution < -0.4 is 10.1 Å². The van der Waals surface area contributed by atoms with Gasteiger partial charge in [0.05, 0.1) is 7.11 Å². The van der Waals surface area contributed by atoms with Crippen LogP contribution >= 0.6 is 0 Å². The molecule has 5 heteroatoms. The summed E-state index contributed by atoms with van der Waals surface area (Å²) in [5, 5.41) is 3.23. The van der Waals surface area contributed by atoms with Gasteiger partial charge in [-0.2, -0.15) is 0 Å². The number of rotatable bonds is 2. The van der Waals surface area contributed by atoms with Gasteiger partial charge in [0.25, 0.3) is 5.91 Å². The summed E-state index contributed by atoms with van der Waals surface area (Å²) in [5.41, 5.74) is 2.47. The standard InChI is InChI=1S/C13H19N3O2/c1-9-8-11(18-3)15-12(10(9)2)13(17)16-6-4-14-5-7-16/h8,14H,4-7H2,1-3H3. The Balaban J connectivity index is 2.31. The summed E-state index contributed by atoms with van der Waals surface area (Å²) >= 11 is 0. The van der Waals surface area contributed by atoms with E-state index in [0.717, 1.165) is 37.3 Å². The van der Waals surface area contributed by atoms with E-state index in [2.05, 4.69) is 10.3 Å². The number of nitrogens with one attached hydrogen (secondary N) is 1. The van der Waals surface area contributed by atoms with Crippen LogP contribution in [0.4, 0.5) is 0 Å². The molecule has 1 aromatic heterocycles. The molecule has 0 spiro atoms. The molecule has 5 nitrogen and oxygen atoms in total. The lowest BCUT2D eigenvalue weighted by Gasteiger charge is -2.27. The Bertz CT molecular complexity index is 454. The van der Waals surface area contributed by atoms with Crippen molar-refractivity contribution in [3.8, 4) is 5.88 Å². The van der Waals surface area contributed by atoms with E-state index in [-0.39, 0.29) is 5.91 Å². The Morgan fingerprint density at radius 1 is 1.39 bits per heavy atom. The minimum absolute atomic E-state index is 0.00370. The van der Waals surface area contributed by atoms with Crippen molar-refractivity contribution in [2.45, 2.75) is 13.8 Å². The average Bonchev–Trinajstić information content (AvgIpc) is 2.42. The van der Waals surface area contributed by atoms with Crippen LogP contribution in [0.15, 0.2) is 6.07 Å². The second-order valence-corrected chi connectivity index (χ2v) is 4.50. The van der Waals surface area contributed by atoms with Gasteiger partial charge in [-0.3, -0.25) is 4.79 Å². The van der Waals surface area contributed by atoms with Gasteiger partial charge in [0.15, 0.2) is 0 Å². The van der Waals surface area contributed by atoms with Crippen molar-refractivity contribution in [3.63, 3.8) is 0 Å². The summed E-state index contributed by atoms with van der Waals surface area (Å²) in [6.45, 7) is 7.04. The van der Waals surface area contributed by atoms with Crippen molar-refractivity contribution in [3.05, 3.63) is 22.9 Å². The molecule has 0 aliphatic carbocycles. The highest BCUT2D eigenvalue weighted by Gasteiger charge is 2.22. The number of aryl methyl sites for hydroxylation is 1. The first-order valence-corrected chi connectivity index (χ1v) is 6.15. The molecule has 98 valence electrons. The number of hydrogen-bond donors (Lipinski definition) is 1. The molecule has 0 radical (unpaired) electrons. The Labute approximate surface area is 107 Å². The Hall–Kier alpha value is -1.62. The van der Waals surface area contributed by atoms with Gasteiger partial charge in [-0.1, -0.05) is 0 Å². The first-order valence-electron chi connectivity index (χ1n) is 6.15. The van der Waals surface area contributed by atoms with Crippen LogP contribution in [0, 0.1) is 13.8 Å². The molecule has 0 bridgehead atoms. The highest BCUT2D eigenvalue weighted by molar-refractivity contribution is 5.94. The third-order valence-electron chi connectivity index (χ3n) is 3.32. The minimum Gasteiger partial charge on any atom is -0.481 e. The van der Waals surface area contributed by atoms with E-state index in [0.29, 0.717) is 11.6 Å². The van der Waals surface area contributed by atoms with Crippen molar-refractivity contribution < 1.29 is 9.53 Å². The van der Waals surface area contributed by atoms with Gasteiger partial charge in [-0.25, -0.2) is 4.98 Å². The zero-order valence-corrected chi connectivity index (χ0v) is 11.1. The summed E-state index contributed by atoms with van der Waals surface area (Å²) < 4.78 is 5.13. The maximum atomic E-state index is 12.4. The molecule has 1 amide bonds. The molecule has 2 heterocycles. The van der Waals surface area contributed by atoms with E-state index in [1.54, 1.807) is 7.11 Å². The molecule has 1 fully saturated rings. The summed E-state index contributed by atoms with van der Waals surface area (Å²) in [5.74, 6) is 0.493. The first kappa shape index (κ1) is 12.8. The number of aromatic nitrogens is 1. The number of pyridine rings is 1. The SMILES string of the molecule is COc1cc(C)c(C)c(C(=O)N2CCNCC2)n1. The average molecular weight is 249 g/mol. The first-order chi connectivity index (χ1) is 8.63. The van der Waals surface area contributed by atoms with Crippen molar-refractivity contribution >= 4 is 5.91 Å². The van der Waals surface area contributed by atoms with Gasteiger partial charge in [0, 0.05) is 32.2 Å². The normalized spacial score (nSPS) is 15.6. The number of methoxy groups -OCH3 is 1. The molecule has 1 aliphatic rings. The fourth-order valence-electron chi connectivity index (χ4n) is 2.04. The van der Waals surface area contributed by atoms with E-state index < -0.39 is 0 Å². The van der Waals surface area contributed by atoms with Crippen LogP contribution in [0.25, 0.3) is 0 Å². The predicted molar refractivity (Wildman–Crippen MR) is 69.0 cm³/mol. The van der Waals surface area contributed by atoms with E-state index in [4.69, 9.17) is 4.74 Å². The zero-order valence-electron chi connectivity index (χ0n) is 11.1. The number of nitrogens with zero attached hydrogens (tertiary/aromatic N) is 2. The van der Waals surface area contributed by atoms with E-state index in [1.807, 2.05) is 24.8 Å². The molecule has 0 saturated carbocycles. The lowest BCUT2D eigenvalue weighted by atomic mass is 10.1. The predicted octanol–water partition coefficient (Wildman–Crippen LogP) is 0.752. The minimum atomic E-state index is -0.00370. The maximum Gasteiger partial charge on any atom is 0.272 e. The van der Waals surface area contributed by atoms with E-state index in [9.17, 15) is 4.79 Å². The van der Waals surface area contributed by atoms with Crippen molar-refractivity contribution in [2.75, 3.05) is 33.3 Å². The molecule has 1 aromatic rings. The van der Waals surface area contributed by atoms with Crippen LogP contribution in [0.3, 0.4) is 0 Å². The summed E-state index contributed by atoms with van der Waals surface area (Å²) in [6, 6.07) is 1.85. The molecule has 2 rings (SSSR count). The van der Waals surface area contributed by atoms with Crippen molar-refractivity contribution in [2.24, 2.45) is 0 Å². The Kier molecular flexibility index (Phi) is 3.81. The summed E-state index contributed by atoms with van der Waals surface area (Å²) in [4.78, 5) is 18.6. The number of carbonyl (C=O) groups is 1. The Morgan fingerprint density at radius 3 is 2.67 bits per heavy atom. The van der Waals surface area contributed by atoms with Crippen LogP contribution in [-0.2, 0) is 0 Å². The van der Waals surface area contributed by atoms with Crippen molar-refractivity contribution in [1.29, 1.82) is 0 Å². The topological polar surface area (TPSA) is 54.5 Å². The smallest absolute Gasteiger partial charge is 0.272 e. The van der Waals surface area contributed by atoms with Crippen LogP contribution in [0.1, 0.15) is 21.6 Å². The molecule has 1 N–H and O–H groups in total. The number of amides is 1. The molecule has 18 heavy (non-hydrogen) atoms. The Morgan fingerprint density at radius 2 is 2.06 bits per heavy atom. The van der Waals surface area contributed by atoms with Crippen LogP contribution in [-0.4, -0.2) is 49.1 Å². The third kappa shape index (κ3) is 2.46. The molecule has 1 saturated heterocycles. The monoisotopic (exact) mass is 249 g/mol. The number of carbonyl (C=O) groups excluding carboxylic acids is 1. The highest BCUT2D eigenvalue weighted by Crippen LogP contribution is 2.19. The third-order valence-corrected chi connectivity index (χ3v) is 3.32. The second kappa shape index (κ2) is 5.35. The summed E-state index contributed by atoms with van der Waals surface area (Å²) in [6.07, 6.45) is 0. The van der Waals surface area contributed by atoms with E-state index in [1.165, 1.54) is 0 Å². The van der Waals surface area contributed by atoms with Crippen LogP contribution in [0.5, 0.6) is 5.88 Å². The molecule has 1 aliphatic heterocycles. The van der Waals surface area contributed by atoms with Gasteiger partial charge >= 0.3 is 0 Å². The maximum absolute atomic E-state index is 12.4. The van der Waals surface area contributed by atoms with Gasteiger partial charge < -0.3 is 15.0 Å². The van der Waals surface area contributed by atoms with Crippen LogP contribution in [0.2, 0.25) is 0 Å². The quantitative estimate of drug-likeness (QED) is 0.840. The lowest BCUT2D eigenvalue weighted by Crippen LogP contribution is -2.46. The summed E-state index contributed by atoms with van der Waals surface area (Å²) in [7, 11) is 1.57. The number of hydrogen-bond acceptors (Lipinski definition) is 4. The fraction of sp³-hybridized carbons (Fsp3) is 0.538. The van der Waals surface area contributed by atoms with Crippen molar-refractivity contribution in [1.82, 2.24) is 15.2 Å². The molecule has 0 aromatic carbocycles. The van der Waals surface area contributed by atoms with Gasteiger partial charge in [0.2, 0.25) is 5.88 Å². The molecule has 0 unspecified atom stereocenters. The number of piperazine rings is 1. The highest BCUT2D eigenvalue weighted by atomic mass is 16.5. The largest absolute Gasteiger partial charge is 0.481 e. The second-order valence-electron chi connectivity index (χ2n) is 4.50. The zero-order chi connectivity index (χ0) is 13.1. The molecular weight excluding hydrogens is 230 g/mol. The van der Waals surface area contributed by atoms with Gasteiger partial charge in [-0.05, 0) is 25.0 Å².